The third-order valence-corrected chi connectivity index (χ3v) is 2.37. The van der Waals surface area contributed by atoms with Crippen LogP contribution in [0, 0.1) is 5.82 Å². The Morgan fingerprint density at radius 3 is 2.47 bits per heavy atom. The van der Waals surface area contributed by atoms with Gasteiger partial charge in [0.2, 0.25) is 0 Å². The van der Waals surface area contributed by atoms with Crippen molar-refractivity contribution < 1.29 is 22.3 Å². The van der Waals surface area contributed by atoms with E-state index in [-0.39, 0.29) is 11.3 Å². The van der Waals surface area contributed by atoms with E-state index in [0.717, 1.165) is 0 Å². The van der Waals surface area contributed by atoms with Crippen molar-refractivity contribution in [2.75, 3.05) is 14.2 Å². The van der Waals surface area contributed by atoms with Crippen molar-refractivity contribution in [2.24, 2.45) is 0 Å². The predicted molar refractivity (Wildman–Crippen MR) is 55.4 cm³/mol. The molecular formula is C11H13F4NO. The number of ether oxygens (including phenoxy) is 1. The minimum absolute atomic E-state index is 0.0517. The maximum atomic E-state index is 13.8. The van der Waals surface area contributed by atoms with Crippen molar-refractivity contribution in [3.8, 4) is 5.75 Å². The molecule has 0 amide bonds. The standard InChI is InChI=1S/C11H13F4NO/c1-16-8(6-11(13,14)15)7-4-3-5-9(17-2)10(7)12/h3-5,8,16H,6H2,1-2H3. The second-order valence-electron chi connectivity index (χ2n) is 3.52. The van der Waals surface area contributed by atoms with Crippen LogP contribution in [0.1, 0.15) is 18.0 Å². The lowest BCUT2D eigenvalue weighted by Crippen LogP contribution is -2.24. The SMILES string of the molecule is CNC(CC(F)(F)F)c1cccc(OC)c1F. The van der Waals surface area contributed by atoms with Crippen molar-refractivity contribution >= 4 is 0 Å². The normalized spacial score (nSPS) is 13.5. The van der Waals surface area contributed by atoms with Gasteiger partial charge in [0.25, 0.3) is 0 Å². The number of alkyl halides is 3. The fourth-order valence-corrected chi connectivity index (χ4v) is 1.55. The number of hydrogen-bond donors (Lipinski definition) is 1. The summed E-state index contributed by atoms with van der Waals surface area (Å²) in [5.41, 5.74) is -0.0517. The van der Waals surface area contributed by atoms with Gasteiger partial charge in [-0.25, -0.2) is 4.39 Å². The lowest BCUT2D eigenvalue weighted by molar-refractivity contribution is -0.140. The molecule has 0 bridgehead atoms. The molecule has 96 valence electrons. The first-order chi connectivity index (χ1) is 7.89. The van der Waals surface area contributed by atoms with Gasteiger partial charge in [0.15, 0.2) is 11.6 Å². The van der Waals surface area contributed by atoms with Gasteiger partial charge in [-0.05, 0) is 13.1 Å². The van der Waals surface area contributed by atoms with E-state index in [9.17, 15) is 17.6 Å². The zero-order chi connectivity index (χ0) is 13.1. The molecule has 6 heteroatoms. The average molecular weight is 251 g/mol. The second kappa shape index (κ2) is 5.35. The first-order valence-corrected chi connectivity index (χ1v) is 4.95. The second-order valence-corrected chi connectivity index (χ2v) is 3.52. The van der Waals surface area contributed by atoms with Gasteiger partial charge in [0, 0.05) is 11.6 Å². The molecule has 17 heavy (non-hydrogen) atoms. The highest BCUT2D eigenvalue weighted by atomic mass is 19.4. The predicted octanol–water partition coefficient (Wildman–Crippen LogP) is 3.05. The van der Waals surface area contributed by atoms with Gasteiger partial charge in [0.1, 0.15) is 0 Å². The monoisotopic (exact) mass is 251 g/mol. The molecule has 0 fully saturated rings. The fourth-order valence-electron chi connectivity index (χ4n) is 1.55. The average Bonchev–Trinajstić information content (AvgIpc) is 2.25. The molecule has 1 aromatic rings. The molecule has 1 N–H and O–H groups in total. The van der Waals surface area contributed by atoms with E-state index in [1.165, 1.54) is 32.4 Å². The molecule has 2 nitrogen and oxygen atoms in total. The van der Waals surface area contributed by atoms with E-state index in [2.05, 4.69) is 5.32 Å². The molecule has 0 saturated heterocycles. The Labute approximate surface area is 96.6 Å². The molecule has 0 heterocycles. The van der Waals surface area contributed by atoms with Gasteiger partial charge in [0.05, 0.1) is 13.5 Å². The Balaban J connectivity index is 3.04. The molecule has 1 rings (SSSR count). The van der Waals surface area contributed by atoms with Crippen LogP contribution in [0.3, 0.4) is 0 Å². The van der Waals surface area contributed by atoms with Crippen molar-refractivity contribution in [1.82, 2.24) is 5.32 Å². The Kier molecular flexibility index (Phi) is 4.34. The van der Waals surface area contributed by atoms with Gasteiger partial charge in [-0.2, -0.15) is 13.2 Å². The number of nitrogens with one attached hydrogen (secondary N) is 1. The van der Waals surface area contributed by atoms with E-state index >= 15 is 0 Å². The highest BCUT2D eigenvalue weighted by Crippen LogP contribution is 2.32. The van der Waals surface area contributed by atoms with E-state index in [0.29, 0.717) is 0 Å². The lowest BCUT2D eigenvalue weighted by atomic mass is 10.0. The summed E-state index contributed by atoms with van der Waals surface area (Å²) in [6, 6.07) is 3.01. The van der Waals surface area contributed by atoms with Crippen molar-refractivity contribution in [2.45, 2.75) is 18.6 Å². The minimum Gasteiger partial charge on any atom is -0.494 e. The third-order valence-electron chi connectivity index (χ3n) is 2.37. The minimum atomic E-state index is -4.36. The van der Waals surface area contributed by atoms with Crippen LogP contribution in [0.2, 0.25) is 0 Å². The van der Waals surface area contributed by atoms with Crippen LogP contribution in [0.15, 0.2) is 18.2 Å². The Morgan fingerprint density at radius 1 is 1.35 bits per heavy atom. The Hall–Kier alpha value is -1.30. The summed E-state index contributed by atoms with van der Waals surface area (Å²) < 4.78 is 55.4. The quantitative estimate of drug-likeness (QED) is 0.830. The zero-order valence-corrected chi connectivity index (χ0v) is 9.44. The fraction of sp³-hybridized carbons (Fsp3) is 0.455. The summed E-state index contributed by atoms with van der Waals surface area (Å²) in [5, 5.41) is 2.45. The summed E-state index contributed by atoms with van der Waals surface area (Å²) in [4.78, 5) is 0. The number of halogens is 4. The first kappa shape index (κ1) is 13.8. The molecule has 0 spiro atoms. The molecule has 0 radical (unpaired) electrons. The van der Waals surface area contributed by atoms with Crippen molar-refractivity contribution in [3.63, 3.8) is 0 Å². The highest BCUT2D eigenvalue weighted by molar-refractivity contribution is 5.33. The zero-order valence-electron chi connectivity index (χ0n) is 9.44. The molecular weight excluding hydrogens is 238 g/mol. The Bertz CT molecular complexity index is 378. The summed E-state index contributed by atoms with van der Waals surface area (Å²) in [5.74, 6) is -0.830. The maximum absolute atomic E-state index is 13.8. The summed E-state index contributed by atoms with van der Waals surface area (Å²) >= 11 is 0. The molecule has 0 aliphatic carbocycles. The number of benzene rings is 1. The molecule has 0 aliphatic rings. The molecule has 0 aliphatic heterocycles. The van der Waals surface area contributed by atoms with Gasteiger partial charge in [-0.3, -0.25) is 0 Å². The summed E-state index contributed by atoms with van der Waals surface area (Å²) in [7, 11) is 2.62. The van der Waals surface area contributed by atoms with E-state index in [1.54, 1.807) is 0 Å². The smallest absolute Gasteiger partial charge is 0.390 e. The first-order valence-electron chi connectivity index (χ1n) is 4.95. The van der Waals surface area contributed by atoms with Crippen LogP contribution in [0.5, 0.6) is 5.75 Å². The molecule has 1 atom stereocenters. The summed E-state index contributed by atoms with van der Waals surface area (Å²) in [6.07, 6.45) is -5.49. The van der Waals surface area contributed by atoms with Crippen LogP contribution < -0.4 is 10.1 Å². The van der Waals surface area contributed by atoms with E-state index in [4.69, 9.17) is 4.74 Å². The largest absolute Gasteiger partial charge is 0.494 e. The van der Waals surface area contributed by atoms with Crippen LogP contribution in [-0.2, 0) is 0 Å². The maximum Gasteiger partial charge on any atom is 0.390 e. The van der Waals surface area contributed by atoms with E-state index < -0.39 is 24.5 Å². The third kappa shape index (κ3) is 3.59. The van der Waals surface area contributed by atoms with Crippen molar-refractivity contribution in [3.05, 3.63) is 29.6 Å². The summed E-state index contributed by atoms with van der Waals surface area (Å²) in [6.45, 7) is 0. The Morgan fingerprint density at radius 2 is 2.00 bits per heavy atom. The van der Waals surface area contributed by atoms with Gasteiger partial charge >= 0.3 is 6.18 Å². The number of hydrogen-bond acceptors (Lipinski definition) is 2. The van der Waals surface area contributed by atoms with Crippen LogP contribution in [-0.4, -0.2) is 20.3 Å². The molecule has 1 aromatic carbocycles. The topological polar surface area (TPSA) is 21.3 Å². The van der Waals surface area contributed by atoms with Crippen LogP contribution in [0.4, 0.5) is 17.6 Å². The highest BCUT2D eigenvalue weighted by Gasteiger charge is 2.33. The lowest BCUT2D eigenvalue weighted by Gasteiger charge is -2.19. The van der Waals surface area contributed by atoms with Crippen molar-refractivity contribution in [1.29, 1.82) is 0 Å². The van der Waals surface area contributed by atoms with Gasteiger partial charge in [-0.1, -0.05) is 12.1 Å². The van der Waals surface area contributed by atoms with Crippen LogP contribution >= 0.6 is 0 Å². The van der Waals surface area contributed by atoms with Crippen LogP contribution in [0.25, 0.3) is 0 Å². The van der Waals surface area contributed by atoms with E-state index in [1.807, 2.05) is 0 Å². The number of methoxy groups -OCH3 is 1. The molecule has 0 saturated carbocycles. The molecule has 1 unspecified atom stereocenters. The van der Waals surface area contributed by atoms with Gasteiger partial charge in [-0.15, -0.1) is 0 Å². The molecule has 0 aromatic heterocycles. The van der Waals surface area contributed by atoms with Gasteiger partial charge < -0.3 is 10.1 Å². The number of rotatable bonds is 4.